The Morgan fingerprint density at radius 1 is 1.67 bits per heavy atom. The van der Waals surface area contributed by atoms with Crippen molar-refractivity contribution in [2.45, 2.75) is 6.54 Å². The Balaban J connectivity index is 2.89. The van der Waals surface area contributed by atoms with E-state index in [4.69, 9.17) is 9.84 Å². The first-order valence-electron chi connectivity index (χ1n) is 3.48. The predicted octanol–water partition coefficient (Wildman–Crippen LogP) is 0.0673. The van der Waals surface area contributed by atoms with E-state index >= 15 is 0 Å². The average molecular weight is 168 g/mol. The summed E-state index contributed by atoms with van der Waals surface area (Å²) in [5.74, 6) is -0.343. The van der Waals surface area contributed by atoms with Crippen molar-refractivity contribution in [3.05, 3.63) is 24.4 Å². The van der Waals surface area contributed by atoms with E-state index < -0.39 is 5.97 Å². The minimum atomic E-state index is -0.885. The molecular formula is C8H10NO3+. The van der Waals surface area contributed by atoms with Crippen molar-refractivity contribution in [1.29, 1.82) is 0 Å². The number of carbonyl (C=O) groups is 1. The molecule has 0 spiro atoms. The first-order chi connectivity index (χ1) is 5.74. The summed E-state index contributed by atoms with van der Waals surface area (Å²) in [5, 5.41) is 8.51. The van der Waals surface area contributed by atoms with Crippen LogP contribution in [0, 0.1) is 0 Å². The quantitative estimate of drug-likeness (QED) is 0.649. The number of carboxylic acids is 1. The number of ether oxygens (including phenoxy) is 1. The van der Waals surface area contributed by atoms with Gasteiger partial charge in [-0.1, -0.05) is 0 Å². The molecular weight excluding hydrogens is 158 g/mol. The number of hydrogen-bond donors (Lipinski definition) is 1. The van der Waals surface area contributed by atoms with Gasteiger partial charge < -0.3 is 9.84 Å². The van der Waals surface area contributed by atoms with Crippen LogP contribution in [0.3, 0.4) is 0 Å². The lowest BCUT2D eigenvalue weighted by atomic mass is 10.4. The lowest BCUT2D eigenvalue weighted by molar-refractivity contribution is -0.690. The molecule has 0 saturated carbocycles. The average Bonchev–Trinajstić information content (AvgIpc) is 2.04. The zero-order valence-electron chi connectivity index (χ0n) is 6.73. The molecule has 0 saturated heterocycles. The van der Waals surface area contributed by atoms with Crippen LogP contribution in [-0.4, -0.2) is 18.2 Å². The van der Waals surface area contributed by atoms with E-state index in [0.717, 1.165) is 0 Å². The highest BCUT2D eigenvalue weighted by molar-refractivity contribution is 5.64. The number of pyridine rings is 1. The van der Waals surface area contributed by atoms with Crippen molar-refractivity contribution >= 4 is 5.97 Å². The minimum Gasteiger partial charge on any atom is -0.477 e. The molecule has 0 aliphatic carbocycles. The topological polar surface area (TPSA) is 50.4 Å². The molecule has 0 amide bonds. The summed E-state index contributed by atoms with van der Waals surface area (Å²) in [6.45, 7) is -0.0794. The molecule has 0 bridgehead atoms. The van der Waals surface area contributed by atoms with Crippen molar-refractivity contribution in [3.63, 3.8) is 0 Å². The summed E-state index contributed by atoms with van der Waals surface area (Å²) in [7, 11) is 1.51. The molecule has 1 aromatic heterocycles. The van der Waals surface area contributed by atoms with Gasteiger partial charge in [-0.25, -0.2) is 4.79 Å². The van der Waals surface area contributed by atoms with Crippen LogP contribution >= 0.6 is 0 Å². The molecule has 0 aromatic carbocycles. The van der Waals surface area contributed by atoms with Gasteiger partial charge in [-0.2, -0.15) is 4.57 Å². The van der Waals surface area contributed by atoms with Crippen molar-refractivity contribution in [2.75, 3.05) is 7.11 Å². The van der Waals surface area contributed by atoms with Gasteiger partial charge in [-0.15, -0.1) is 0 Å². The molecule has 0 radical (unpaired) electrons. The monoisotopic (exact) mass is 168 g/mol. The Bertz CT molecular complexity index is 285. The molecule has 0 atom stereocenters. The van der Waals surface area contributed by atoms with Crippen LogP contribution in [0.5, 0.6) is 5.88 Å². The number of carboxylic acid groups (broad SMARTS) is 1. The summed E-state index contributed by atoms with van der Waals surface area (Å²) in [4.78, 5) is 10.4. The molecule has 0 unspecified atom stereocenters. The SMILES string of the molecule is COc1cccc[n+]1CC(=O)O. The molecule has 0 fully saturated rings. The molecule has 1 rings (SSSR count). The highest BCUT2D eigenvalue weighted by atomic mass is 16.5. The van der Waals surface area contributed by atoms with Crippen molar-refractivity contribution in [2.24, 2.45) is 0 Å². The number of nitrogens with zero attached hydrogens (tertiary/aromatic N) is 1. The van der Waals surface area contributed by atoms with Gasteiger partial charge in [-0.3, -0.25) is 0 Å². The standard InChI is InChI=1S/C8H9NO3/c1-12-7-4-2-3-5-9(7)6-8(10)11/h2-5H,6H2,1H3/p+1. The molecule has 0 aliphatic rings. The van der Waals surface area contributed by atoms with E-state index in [1.165, 1.54) is 11.7 Å². The Labute approximate surface area is 70.0 Å². The Kier molecular flexibility index (Phi) is 2.63. The van der Waals surface area contributed by atoms with E-state index in [1.807, 2.05) is 0 Å². The third-order valence-corrected chi connectivity index (χ3v) is 1.41. The Morgan fingerprint density at radius 3 is 3.00 bits per heavy atom. The predicted molar refractivity (Wildman–Crippen MR) is 40.8 cm³/mol. The zero-order valence-corrected chi connectivity index (χ0v) is 6.73. The van der Waals surface area contributed by atoms with Gasteiger partial charge in [0.15, 0.2) is 6.20 Å². The van der Waals surface area contributed by atoms with Crippen molar-refractivity contribution < 1.29 is 19.2 Å². The summed E-state index contributed by atoms with van der Waals surface area (Å²) < 4.78 is 6.46. The third-order valence-electron chi connectivity index (χ3n) is 1.41. The fourth-order valence-electron chi connectivity index (χ4n) is 0.922. The van der Waals surface area contributed by atoms with Gasteiger partial charge in [0.1, 0.15) is 0 Å². The second-order valence-electron chi connectivity index (χ2n) is 2.26. The normalized spacial score (nSPS) is 9.42. The fraction of sp³-hybridized carbons (Fsp3) is 0.250. The van der Waals surface area contributed by atoms with Crippen LogP contribution in [-0.2, 0) is 11.3 Å². The molecule has 4 nitrogen and oxygen atoms in total. The summed E-state index contributed by atoms with van der Waals surface area (Å²) in [5.41, 5.74) is 0. The smallest absolute Gasteiger partial charge is 0.370 e. The van der Waals surface area contributed by atoms with Gasteiger partial charge in [0.2, 0.25) is 6.54 Å². The van der Waals surface area contributed by atoms with Crippen LogP contribution in [0.15, 0.2) is 24.4 Å². The highest BCUT2D eigenvalue weighted by Crippen LogP contribution is 1.99. The highest BCUT2D eigenvalue weighted by Gasteiger charge is 2.12. The number of rotatable bonds is 3. The maximum Gasteiger partial charge on any atom is 0.370 e. The molecule has 12 heavy (non-hydrogen) atoms. The summed E-state index contributed by atoms with van der Waals surface area (Å²) >= 11 is 0. The number of aliphatic carboxylic acids is 1. The number of hydrogen-bond acceptors (Lipinski definition) is 2. The summed E-state index contributed by atoms with van der Waals surface area (Å²) in [6, 6.07) is 5.26. The van der Waals surface area contributed by atoms with E-state index in [0.29, 0.717) is 5.88 Å². The molecule has 4 heteroatoms. The van der Waals surface area contributed by atoms with Crippen molar-refractivity contribution in [1.82, 2.24) is 0 Å². The van der Waals surface area contributed by atoms with Crippen LogP contribution < -0.4 is 9.30 Å². The van der Waals surface area contributed by atoms with E-state index in [9.17, 15) is 4.79 Å². The van der Waals surface area contributed by atoms with E-state index in [-0.39, 0.29) is 6.54 Å². The lowest BCUT2D eigenvalue weighted by Gasteiger charge is -1.97. The molecule has 1 aromatic rings. The van der Waals surface area contributed by atoms with Gasteiger partial charge in [-0.05, 0) is 6.07 Å². The lowest BCUT2D eigenvalue weighted by Crippen LogP contribution is -2.38. The summed E-state index contributed by atoms with van der Waals surface area (Å²) in [6.07, 6.45) is 1.66. The third kappa shape index (κ3) is 1.95. The second kappa shape index (κ2) is 3.71. The maximum atomic E-state index is 10.4. The van der Waals surface area contributed by atoms with Crippen LogP contribution in [0.4, 0.5) is 0 Å². The number of methoxy groups -OCH3 is 1. The first-order valence-corrected chi connectivity index (χ1v) is 3.48. The first kappa shape index (κ1) is 8.52. The van der Waals surface area contributed by atoms with Crippen LogP contribution in [0.1, 0.15) is 0 Å². The molecule has 0 aliphatic heterocycles. The number of aromatic nitrogens is 1. The van der Waals surface area contributed by atoms with Crippen LogP contribution in [0.25, 0.3) is 0 Å². The molecule has 1 heterocycles. The zero-order chi connectivity index (χ0) is 8.97. The maximum absolute atomic E-state index is 10.4. The van der Waals surface area contributed by atoms with Gasteiger partial charge >= 0.3 is 11.8 Å². The second-order valence-corrected chi connectivity index (χ2v) is 2.26. The minimum absolute atomic E-state index is 0.0794. The molecule has 1 N–H and O–H groups in total. The van der Waals surface area contributed by atoms with Gasteiger partial charge in [0.05, 0.1) is 13.2 Å². The molecule has 64 valence electrons. The van der Waals surface area contributed by atoms with Crippen LogP contribution in [0.2, 0.25) is 0 Å². The largest absolute Gasteiger partial charge is 0.477 e. The van der Waals surface area contributed by atoms with Crippen molar-refractivity contribution in [3.8, 4) is 5.88 Å². The van der Waals surface area contributed by atoms with E-state index in [1.54, 1.807) is 24.4 Å². The van der Waals surface area contributed by atoms with Gasteiger partial charge in [0, 0.05) is 6.07 Å². The van der Waals surface area contributed by atoms with Gasteiger partial charge in [0.25, 0.3) is 0 Å². The van der Waals surface area contributed by atoms with E-state index in [2.05, 4.69) is 0 Å². The Morgan fingerprint density at radius 2 is 2.42 bits per heavy atom. The Hall–Kier alpha value is -1.58. The fourth-order valence-corrected chi connectivity index (χ4v) is 0.922.